The quantitative estimate of drug-likeness (QED) is 0.872. The van der Waals surface area contributed by atoms with E-state index in [0.29, 0.717) is 6.10 Å². The third kappa shape index (κ3) is 4.31. The maximum absolute atomic E-state index is 5.93. The van der Waals surface area contributed by atoms with Crippen LogP contribution in [0.3, 0.4) is 0 Å². The van der Waals surface area contributed by atoms with Gasteiger partial charge in [0.1, 0.15) is 11.9 Å². The van der Waals surface area contributed by atoms with E-state index < -0.39 is 0 Å². The number of hydrogen-bond acceptors (Lipinski definition) is 3. The van der Waals surface area contributed by atoms with Crippen LogP contribution in [0.15, 0.2) is 24.3 Å². The molecule has 100 valence electrons. The molecule has 1 aromatic rings. The van der Waals surface area contributed by atoms with Gasteiger partial charge >= 0.3 is 0 Å². The minimum absolute atomic E-state index is 0.267. The Labute approximate surface area is 109 Å². The Morgan fingerprint density at radius 1 is 1.28 bits per heavy atom. The first-order valence-electron chi connectivity index (χ1n) is 6.83. The van der Waals surface area contributed by atoms with Gasteiger partial charge in [-0.25, -0.2) is 0 Å². The summed E-state index contributed by atoms with van der Waals surface area (Å²) in [4.78, 5) is 0. The van der Waals surface area contributed by atoms with Gasteiger partial charge in [0.05, 0.1) is 13.2 Å². The van der Waals surface area contributed by atoms with Gasteiger partial charge in [0.15, 0.2) is 0 Å². The van der Waals surface area contributed by atoms with Gasteiger partial charge in [0, 0.05) is 18.9 Å². The van der Waals surface area contributed by atoms with E-state index in [9.17, 15) is 0 Å². The smallest absolute Gasteiger partial charge is 0.119 e. The molecule has 1 unspecified atom stereocenters. The number of benzene rings is 1. The molecule has 1 aromatic carbocycles. The molecule has 2 rings (SSSR count). The first kappa shape index (κ1) is 13.4. The summed E-state index contributed by atoms with van der Waals surface area (Å²) in [6.45, 7) is 3.68. The van der Waals surface area contributed by atoms with Gasteiger partial charge in [0.2, 0.25) is 0 Å². The minimum Gasteiger partial charge on any atom is -0.490 e. The lowest BCUT2D eigenvalue weighted by Crippen LogP contribution is -2.25. The molecule has 0 radical (unpaired) electrons. The molecule has 3 nitrogen and oxygen atoms in total. The molecule has 18 heavy (non-hydrogen) atoms. The largest absolute Gasteiger partial charge is 0.490 e. The van der Waals surface area contributed by atoms with E-state index in [1.54, 1.807) is 0 Å². The van der Waals surface area contributed by atoms with Crippen molar-refractivity contribution in [1.82, 2.24) is 0 Å². The molecular weight excluding hydrogens is 226 g/mol. The molecule has 0 aliphatic carbocycles. The van der Waals surface area contributed by atoms with Gasteiger partial charge in [0.25, 0.3) is 0 Å². The average molecular weight is 249 g/mol. The van der Waals surface area contributed by atoms with Crippen molar-refractivity contribution in [3.63, 3.8) is 0 Å². The molecule has 2 N–H and O–H groups in total. The van der Waals surface area contributed by atoms with Crippen LogP contribution in [0.2, 0.25) is 0 Å². The summed E-state index contributed by atoms with van der Waals surface area (Å²) in [6, 6.07) is 8.66. The van der Waals surface area contributed by atoms with Crippen molar-refractivity contribution in [3.8, 4) is 5.75 Å². The van der Waals surface area contributed by atoms with E-state index in [4.69, 9.17) is 15.2 Å². The highest BCUT2D eigenvalue weighted by Crippen LogP contribution is 2.19. The van der Waals surface area contributed by atoms with E-state index in [0.717, 1.165) is 44.6 Å². The van der Waals surface area contributed by atoms with Crippen LogP contribution in [0.1, 0.15) is 31.7 Å². The lowest BCUT2D eigenvalue weighted by molar-refractivity contribution is 0.0255. The summed E-state index contributed by atoms with van der Waals surface area (Å²) >= 11 is 0. The van der Waals surface area contributed by atoms with Gasteiger partial charge in [-0.2, -0.15) is 0 Å². The number of aryl methyl sites for hydroxylation is 1. The van der Waals surface area contributed by atoms with Crippen molar-refractivity contribution < 1.29 is 9.47 Å². The fraction of sp³-hybridized carbons (Fsp3) is 0.600. The monoisotopic (exact) mass is 249 g/mol. The second kappa shape index (κ2) is 6.76. The standard InChI is InChI=1S/C15H23NO2/c1-12(16)2-3-13-4-6-14(7-5-13)18-15-8-10-17-11-9-15/h4-7,12,15H,2-3,8-11,16H2,1H3. The molecule has 0 amide bonds. The molecule has 1 saturated heterocycles. The van der Waals surface area contributed by atoms with Crippen LogP contribution in [-0.4, -0.2) is 25.4 Å². The van der Waals surface area contributed by atoms with Gasteiger partial charge in [-0.3, -0.25) is 0 Å². The Kier molecular flexibility index (Phi) is 5.02. The molecule has 1 aliphatic rings. The zero-order chi connectivity index (χ0) is 12.8. The van der Waals surface area contributed by atoms with Gasteiger partial charge in [-0.05, 0) is 37.5 Å². The molecular formula is C15H23NO2. The van der Waals surface area contributed by atoms with E-state index in [-0.39, 0.29) is 6.04 Å². The Hall–Kier alpha value is -1.06. The molecule has 3 heteroatoms. The SMILES string of the molecule is CC(N)CCc1ccc(OC2CCOCC2)cc1. The second-order valence-electron chi connectivity index (χ2n) is 5.09. The zero-order valence-corrected chi connectivity index (χ0v) is 11.1. The Balaban J connectivity index is 1.83. The number of rotatable bonds is 5. The highest BCUT2D eigenvalue weighted by molar-refractivity contribution is 5.27. The summed E-state index contributed by atoms with van der Waals surface area (Å²) < 4.78 is 11.3. The number of nitrogens with two attached hydrogens (primary N) is 1. The van der Waals surface area contributed by atoms with Gasteiger partial charge < -0.3 is 15.2 Å². The normalized spacial score (nSPS) is 18.6. The fourth-order valence-corrected chi connectivity index (χ4v) is 2.12. The van der Waals surface area contributed by atoms with Gasteiger partial charge in [-0.15, -0.1) is 0 Å². The predicted octanol–water partition coefficient (Wildman–Crippen LogP) is 2.52. The maximum Gasteiger partial charge on any atom is 0.119 e. The van der Waals surface area contributed by atoms with Crippen molar-refractivity contribution in [1.29, 1.82) is 0 Å². The molecule has 1 heterocycles. The topological polar surface area (TPSA) is 44.5 Å². The summed E-state index contributed by atoms with van der Waals surface area (Å²) in [5.41, 5.74) is 7.08. The maximum atomic E-state index is 5.93. The number of ether oxygens (including phenoxy) is 2. The predicted molar refractivity (Wildman–Crippen MR) is 72.9 cm³/mol. The van der Waals surface area contributed by atoms with Crippen LogP contribution >= 0.6 is 0 Å². The van der Waals surface area contributed by atoms with Crippen LogP contribution < -0.4 is 10.5 Å². The summed E-state index contributed by atoms with van der Waals surface area (Å²) in [7, 11) is 0. The van der Waals surface area contributed by atoms with Crippen molar-refractivity contribution >= 4 is 0 Å². The molecule has 1 fully saturated rings. The summed E-state index contributed by atoms with van der Waals surface area (Å²) in [6.07, 6.45) is 4.36. The highest BCUT2D eigenvalue weighted by Gasteiger charge is 2.14. The minimum atomic E-state index is 0.267. The van der Waals surface area contributed by atoms with E-state index >= 15 is 0 Å². The lowest BCUT2D eigenvalue weighted by atomic mass is 10.1. The van der Waals surface area contributed by atoms with Crippen LogP contribution in [-0.2, 0) is 11.2 Å². The Morgan fingerprint density at radius 2 is 1.94 bits per heavy atom. The second-order valence-corrected chi connectivity index (χ2v) is 5.09. The molecule has 0 spiro atoms. The van der Waals surface area contributed by atoms with E-state index in [1.807, 2.05) is 6.92 Å². The first-order valence-corrected chi connectivity index (χ1v) is 6.83. The third-order valence-corrected chi connectivity index (χ3v) is 3.28. The Morgan fingerprint density at radius 3 is 2.56 bits per heavy atom. The van der Waals surface area contributed by atoms with Crippen molar-refractivity contribution in [2.24, 2.45) is 5.73 Å². The third-order valence-electron chi connectivity index (χ3n) is 3.28. The molecule has 0 bridgehead atoms. The van der Waals surface area contributed by atoms with Crippen molar-refractivity contribution in [2.45, 2.75) is 44.8 Å². The average Bonchev–Trinajstić information content (AvgIpc) is 2.39. The Bertz CT molecular complexity index is 342. The number of hydrogen-bond donors (Lipinski definition) is 1. The summed E-state index contributed by atoms with van der Waals surface area (Å²) in [5.74, 6) is 0.964. The van der Waals surface area contributed by atoms with E-state index in [1.165, 1.54) is 5.56 Å². The van der Waals surface area contributed by atoms with Crippen LogP contribution in [0, 0.1) is 0 Å². The molecule has 1 atom stereocenters. The van der Waals surface area contributed by atoms with Gasteiger partial charge in [-0.1, -0.05) is 12.1 Å². The van der Waals surface area contributed by atoms with Crippen molar-refractivity contribution in [3.05, 3.63) is 29.8 Å². The zero-order valence-electron chi connectivity index (χ0n) is 11.1. The molecule has 0 aromatic heterocycles. The van der Waals surface area contributed by atoms with E-state index in [2.05, 4.69) is 24.3 Å². The fourth-order valence-electron chi connectivity index (χ4n) is 2.12. The highest BCUT2D eigenvalue weighted by atomic mass is 16.5. The lowest BCUT2D eigenvalue weighted by Gasteiger charge is -2.23. The molecule has 1 aliphatic heterocycles. The first-order chi connectivity index (χ1) is 8.74. The van der Waals surface area contributed by atoms with Crippen LogP contribution in [0.25, 0.3) is 0 Å². The molecule has 0 saturated carbocycles. The van der Waals surface area contributed by atoms with Crippen LogP contribution in [0.4, 0.5) is 0 Å². The summed E-state index contributed by atoms with van der Waals surface area (Å²) in [5, 5.41) is 0. The van der Waals surface area contributed by atoms with Crippen molar-refractivity contribution in [2.75, 3.05) is 13.2 Å². The van der Waals surface area contributed by atoms with Crippen LogP contribution in [0.5, 0.6) is 5.75 Å².